The number of unbranched alkanes of at least 4 members (excludes halogenated alkanes) is 2. The van der Waals surface area contributed by atoms with Crippen LogP contribution in [0.1, 0.15) is 29.6 Å². The molecule has 0 aromatic heterocycles. The average Bonchev–Trinajstić information content (AvgIpc) is 2.54. The SMILES string of the molecule is Nc1ccc2c(c1)C(=O)N(CCCCCO)S2(=O)=O. The van der Waals surface area contributed by atoms with E-state index in [0.717, 1.165) is 4.31 Å². The van der Waals surface area contributed by atoms with Crippen LogP contribution in [0.25, 0.3) is 0 Å². The fourth-order valence-corrected chi connectivity index (χ4v) is 3.66. The van der Waals surface area contributed by atoms with Gasteiger partial charge >= 0.3 is 0 Å². The molecule has 3 N–H and O–H groups in total. The summed E-state index contributed by atoms with van der Waals surface area (Å²) in [6, 6.07) is 4.23. The van der Waals surface area contributed by atoms with Gasteiger partial charge in [-0.1, -0.05) is 0 Å². The fourth-order valence-electron chi connectivity index (χ4n) is 2.07. The van der Waals surface area contributed by atoms with Crippen molar-refractivity contribution in [3.8, 4) is 0 Å². The number of sulfonamides is 1. The summed E-state index contributed by atoms with van der Waals surface area (Å²) in [5, 5.41) is 8.67. The molecule has 0 unspecified atom stereocenters. The number of hydrogen-bond donors (Lipinski definition) is 2. The number of aliphatic hydroxyl groups excluding tert-OH is 1. The van der Waals surface area contributed by atoms with Gasteiger partial charge in [0.2, 0.25) is 0 Å². The van der Waals surface area contributed by atoms with E-state index in [0.29, 0.717) is 24.9 Å². The van der Waals surface area contributed by atoms with Gasteiger partial charge in [0.1, 0.15) is 4.90 Å². The first-order valence-electron chi connectivity index (χ1n) is 6.06. The topological polar surface area (TPSA) is 101 Å². The minimum Gasteiger partial charge on any atom is -0.399 e. The van der Waals surface area contributed by atoms with Crippen molar-refractivity contribution in [3.05, 3.63) is 23.8 Å². The summed E-state index contributed by atoms with van der Waals surface area (Å²) in [4.78, 5) is 12.1. The van der Waals surface area contributed by atoms with Crippen LogP contribution in [0, 0.1) is 0 Å². The van der Waals surface area contributed by atoms with Crippen LogP contribution in [0.5, 0.6) is 0 Å². The van der Waals surface area contributed by atoms with E-state index in [9.17, 15) is 13.2 Å². The number of nitrogens with zero attached hydrogens (tertiary/aromatic N) is 1. The average molecular weight is 284 g/mol. The molecule has 0 atom stereocenters. The molecule has 1 heterocycles. The maximum absolute atomic E-state index is 12.2. The quantitative estimate of drug-likeness (QED) is 0.608. The molecule has 0 bridgehead atoms. The van der Waals surface area contributed by atoms with Crippen LogP contribution in [0.3, 0.4) is 0 Å². The van der Waals surface area contributed by atoms with Gasteiger partial charge in [-0.15, -0.1) is 0 Å². The predicted molar refractivity (Wildman–Crippen MR) is 70.0 cm³/mol. The number of nitrogens with two attached hydrogens (primary N) is 1. The molecule has 1 aliphatic heterocycles. The second kappa shape index (κ2) is 5.18. The zero-order valence-corrected chi connectivity index (χ0v) is 11.2. The number of amides is 1. The summed E-state index contributed by atoms with van der Waals surface area (Å²) in [6.07, 6.45) is 1.81. The van der Waals surface area contributed by atoms with Gasteiger partial charge in [0, 0.05) is 18.8 Å². The number of hydrogen-bond acceptors (Lipinski definition) is 5. The van der Waals surface area contributed by atoms with Crippen molar-refractivity contribution in [1.29, 1.82) is 0 Å². The Labute approximate surface area is 111 Å². The molecule has 0 spiro atoms. The Morgan fingerprint density at radius 1 is 1.21 bits per heavy atom. The van der Waals surface area contributed by atoms with Gasteiger partial charge in [0.15, 0.2) is 0 Å². The third-order valence-corrected chi connectivity index (χ3v) is 4.89. The third kappa shape index (κ3) is 2.43. The predicted octanol–water partition coefficient (Wildman–Crippen LogP) is 0.576. The second-order valence-corrected chi connectivity index (χ2v) is 6.25. The van der Waals surface area contributed by atoms with Crippen LogP contribution < -0.4 is 5.73 Å². The van der Waals surface area contributed by atoms with Crippen molar-refractivity contribution in [3.63, 3.8) is 0 Å². The largest absolute Gasteiger partial charge is 0.399 e. The molecule has 1 aromatic rings. The van der Waals surface area contributed by atoms with Crippen molar-refractivity contribution < 1.29 is 18.3 Å². The molecule has 1 aliphatic rings. The molecule has 7 heteroatoms. The van der Waals surface area contributed by atoms with Crippen molar-refractivity contribution in [2.24, 2.45) is 0 Å². The number of nitrogen functional groups attached to an aromatic ring is 1. The number of fused-ring (bicyclic) bond motifs is 1. The van der Waals surface area contributed by atoms with Crippen LogP contribution >= 0.6 is 0 Å². The molecule has 2 rings (SSSR count). The normalized spacial score (nSPS) is 16.7. The second-order valence-electron chi connectivity index (χ2n) is 4.42. The molecule has 104 valence electrons. The lowest BCUT2D eigenvalue weighted by Gasteiger charge is -2.14. The van der Waals surface area contributed by atoms with E-state index in [4.69, 9.17) is 10.8 Å². The highest BCUT2D eigenvalue weighted by molar-refractivity contribution is 7.90. The smallest absolute Gasteiger partial charge is 0.269 e. The minimum atomic E-state index is -3.73. The molecule has 6 nitrogen and oxygen atoms in total. The molecule has 0 saturated carbocycles. The van der Waals surface area contributed by atoms with Gasteiger partial charge in [-0.05, 0) is 37.5 Å². The molecule has 0 fully saturated rings. The summed E-state index contributed by atoms with van der Waals surface area (Å²) >= 11 is 0. The maximum Gasteiger partial charge on any atom is 0.269 e. The number of carbonyl (C=O) groups excluding carboxylic acids is 1. The zero-order valence-electron chi connectivity index (χ0n) is 10.4. The van der Waals surface area contributed by atoms with Gasteiger partial charge < -0.3 is 10.8 Å². The van der Waals surface area contributed by atoms with Crippen molar-refractivity contribution >= 4 is 21.6 Å². The summed E-state index contributed by atoms with van der Waals surface area (Å²) in [7, 11) is -3.73. The van der Waals surface area contributed by atoms with Crippen LogP contribution in [0.15, 0.2) is 23.1 Å². The first-order valence-corrected chi connectivity index (χ1v) is 7.50. The highest BCUT2D eigenvalue weighted by atomic mass is 32.2. The Balaban J connectivity index is 2.23. The lowest BCUT2D eigenvalue weighted by molar-refractivity contribution is 0.0869. The highest BCUT2D eigenvalue weighted by Gasteiger charge is 2.40. The van der Waals surface area contributed by atoms with Gasteiger partial charge in [-0.2, -0.15) is 0 Å². The van der Waals surface area contributed by atoms with E-state index in [2.05, 4.69) is 0 Å². The van der Waals surface area contributed by atoms with Gasteiger partial charge in [-0.25, -0.2) is 12.7 Å². The van der Waals surface area contributed by atoms with E-state index in [1.165, 1.54) is 18.2 Å². The number of anilines is 1. The Kier molecular flexibility index (Phi) is 3.77. The Bertz CT molecular complexity index is 598. The minimum absolute atomic E-state index is 0.0221. The molecule has 0 aliphatic carbocycles. The van der Waals surface area contributed by atoms with Crippen LogP contribution in [0.4, 0.5) is 5.69 Å². The van der Waals surface area contributed by atoms with E-state index >= 15 is 0 Å². The summed E-state index contributed by atoms with van der Waals surface area (Å²) in [5.41, 5.74) is 6.08. The van der Waals surface area contributed by atoms with Crippen molar-refractivity contribution in [1.82, 2.24) is 4.31 Å². The lowest BCUT2D eigenvalue weighted by Crippen LogP contribution is -2.31. The first kappa shape index (κ1) is 13.8. The number of rotatable bonds is 5. The molecule has 1 aromatic carbocycles. The molecule has 19 heavy (non-hydrogen) atoms. The molecule has 1 amide bonds. The summed E-state index contributed by atoms with van der Waals surface area (Å²) < 4.78 is 25.3. The number of carbonyl (C=O) groups is 1. The summed E-state index contributed by atoms with van der Waals surface area (Å²) in [5.74, 6) is -0.522. The Morgan fingerprint density at radius 2 is 1.95 bits per heavy atom. The van der Waals surface area contributed by atoms with Gasteiger partial charge in [-0.3, -0.25) is 4.79 Å². The van der Waals surface area contributed by atoms with E-state index < -0.39 is 15.9 Å². The molecular formula is C12H16N2O4S. The molecule has 0 saturated heterocycles. The highest BCUT2D eigenvalue weighted by Crippen LogP contribution is 2.31. The Morgan fingerprint density at radius 3 is 2.63 bits per heavy atom. The van der Waals surface area contributed by atoms with Gasteiger partial charge in [0.05, 0.1) is 5.56 Å². The van der Waals surface area contributed by atoms with Crippen LogP contribution in [0.2, 0.25) is 0 Å². The van der Waals surface area contributed by atoms with E-state index in [1.807, 2.05) is 0 Å². The van der Waals surface area contributed by atoms with Gasteiger partial charge in [0.25, 0.3) is 15.9 Å². The Hall–Kier alpha value is -1.60. The number of benzene rings is 1. The van der Waals surface area contributed by atoms with Crippen molar-refractivity contribution in [2.45, 2.75) is 24.2 Å². The lowest BCUT2D eigenvalue weighted by atomic mass is 10.2. The van der Waals surface area contributed by atoms with Crippen LogP contribution in [-0.2, 0) is 10.0 Å². The molecular weight excluding hydrogens is 268 g/mol. The summed E-state index contributed by atoms with van der Waals surface area (Å²) in [6.45, 7) is 0.202. The third-order valence-electron chi connectivity index (χ3n) is 3.05. The first-order chi connectivity index (χ1) is 8.98. The van der Waals surface area contributed by atoms with E-state index in [1.54, 1.807) is 0 Å². The fraction of sp³-hybridized carbons (Fsp3) is 0.417. The van der Waals surface area contributed by atoms with Crippen molar-refractivity contribution in [2.75, 3.05) is 18.9 Å². The standard InChI is InChI=1S/C12H16N2O4S/c13-9-4-5-11-10(8-9)12(16)14(19(11,17)18)6-2-1-3-7-15/h4-5,8,15H,1-3,6-7,13H2. The monoisotopic (exact) mass is 284 g/mol. The number of aliphatic hydroxyl groups is 1. The van der Waals surface area contributed by atoms with E-state index in [-0.39, 0.29) is 23.6 Å². The molecule has 0 radical (unpaired) electrons. The van der Waals surface area contributed by atoms with Crippen LogP contribution in [-0.4, -0.2) is 36.9 Å². The zero-order chi connectivity index (χ0) is 14.0. The maximum atomic E-state index is 12.2.